The first kappa shape index (κ1) is 19.3. The van der Waals surface area contributed by atoms with Crippen molar-refractivity contribution >= 4 is 11.9 Å². The smallest absolute Gasteiger partial charge is 0.338 e. The lowest BCUT2D eigenvalue weighted by Crippen LogP contribution is -2.49. The van der Waals surface area contributed by atoms with Gasteiger partial charge >= 0.3 is 11.9 Å². The molecule has 6 atom stereocenters. The highest BCUT2D eigenvalue weighted by atomic mass is 16.6. The molecule has 0 saturated heterocycles. The van der Waals surface area contributed by atoms with Crippen LogP contribution in [0.3, 0.4) is 0 Å². The molecule has 6 unspecified atom stereocenters. The van der Waals surface area contributed by atoms with Gasteiger partial charge in [-0.3, -0.25) is 0 Å². The summed E-state index contributed by atoms with van der Waals surface area (Å²) in [6, 6.07) is 18.2. The van der Waals surface area contributed by atoms with Crippen LogP contribution in [-0.4, -0.2) is 24.1 Å². The Morgan fingerprint density at radius 2 is 1.47 bits per heavy atom. The van der Waals surface area contributed by atoms with Gasteiger partial charge in [-0.1, -0.05) is 43.3 Å². The maximum atomic E-state index is 12.9. The fourth-order valence-corrected chi connectivity index (χ4v) is 6.52. The number of hydrogen-bond donors (Lipinski definition) is 0. The summed E-state index contributed by atoms with van der Waals surface area (Å²) in [6.45, 7) is 2.32. The quantitative estimate of drug-likeness (QED) is 0.650. The number of hydrogen-bond acceptors (Lipinski definition) is 4. The van der Waals surface area contributed by atoms with Gasteiger partial charge in [0.15, 0.2) is 0 Å². The van der Waals surface area contributed by atoms with Gasteiger partial charge in [0.2, 0.25) is 0 Å². The van der Waals surface area contributed by atoms with Crippen LogP contribution in [0, 0.1) is 23.2 Å². The molecule has 0 amide bonds. The van der Waals surface area contributed by atoms with Gasteiger partial charge in [-0.2, -0.15) is 0 Å². The molecule has 156 valence electrons. The van der Waals surface area contributed by atoms with Crippen molar-refractivity contribution in [1.29, 1.82) is 0 Å². The minimum Gasteiger partial charge on any atom is -0.455 e. The average molecular weight is 405 g/mol. The number of benzene rings is 2. The van der Waals surface area contributed by atoms with Gasteiger partial charge in [0.05, 0.1) is 11.1 Å². The van der Waals surface area contributed by atoms with E-state index >= 15 is 0 Å². The van der Waals surface area contributed by atoms with Crippen molar-refractivity contribution in [3.05, 3.63) is 71.8 Å². The molecule has 0 aliphatic heterocycles. The third-order valence-electron chi connectivity index (χ3n) is 7.61. The van der Waals surface area contributed by atoms with E-state index in [4.69, 9.17) is 9.47 Å². The van der Waals surface area contributed by atoms with Crippen LogP contribution in [0.25, 0.3) is 0 Å². The molecule has 3 aliphatic rings. The summed E-state index contributed by atoms with van der Waals surface area (Å²) in [7, 11) is 0. The van der Waals surface area contributed by atoms with E-state index < -0.39 is 0 Å². The zero-order valence-corrected chi connectivity index (χ0v) is 17.3. The van der Waals surface area contributed by atoms with Crippen LogP contribution < -0.4 is 0 Å². The lowest BCUT2D eigenvalue weighted by atomic mass is 9.67. The fourth-order valence-electron chi connectivity index (χ4n) is 6.52. The van der Waals surface area contributed by atoms with Gasteiger partial charge in [0, 0.05) is 5.92 Å². The molecule has 0 radical (unpaired) electrons. The predicted octanol–water partition coefficient (Wildman–Crippen LogP) is 5.28. The highest BCUT2D eigenvalue weighted by molar-refractivity contribution is 5.90. The summed E-state index contributed by atoms with van der Waals surface area (Å²) >= 11 is 0. The van der Waals surface area contributed by atoms with Crippen LogP contribution in [0.2, 0.25) is 0 Å². The molecular weight excluding hydrogens is 376 g/mol. The molecule has 0 spiro atoms. The van der Waals surface area contributed by atoms with Crippen molar-refractivity contribution in [2.75, 3.05) is 0 Å². The molecule has 2 bridgehead atoms. The summed E-state index contributed by atoms with van der Waals surface area (Å²) in [5.41, 5.74) is 1.32. The number of ether oxygens (including phenoxy) is 2. The summed E-state index contributed by atoms with van der Waals surface area (Å²) in [5, 5.41) is 0. The van der Waals surface area contributed by atoms with Gasteiger partial charge < -0.3 is 9.47 Å². The van der Waals surface area contributed by atoms with Crippen LogP contribution in [-0.2, 0) is 9.47 Å². The van der Waals surface area contributed by atoms with Gasteiger partial charge in [-0.25, -0.2) is 9.59 Å². The first-order chi connectivity index (χ1) is 14.6. The Kier molecular flexibility index (Phi) is 4.88. The predicted molar refractivity (Wildman–Crippen MR) is 113 cm³/mol. The van der Waals surface area contributed by atoms with Gasteiger partial charge in [-0.05, 0) is 73.6 Å². The largest absolute Gasteiger partial charge is 0.455 e. The fraction of sp³-hybridized carbons (Fsp3) is 0.462. The number of esters is 2. The van der Waals surface area contributed by atoms with E-state index in [1.54, 1.807) is 24.3 Å². The Labute approximate surface area is 177 Å². The zero-order chi connectivity index (χ0) is 20.7. The first-order valence-electron chi connectivity index (χ1n) is 11.1. The summed E-state index contributed by atoms with van der Waals surface area (Å²) in [6.07, 6.45) is 4.59. The molecule has 0 aromatic heterocycles. The Morgan fingerprint density at radius 1 is 0.867 bits per heavy atom. The topological polar surface area (TPSA) is 52.6 Å². The molecule has 3 saturated carbocycles. The third-order valence-corrected chi connectivity index (χ3v) is 7.61. The SMILES string of the molecule is CC1CC2C3CCC2(C1)CC(OC(=O)c1ccccc1)C3OC(=O)c1ccccc1. The highest BCUT2D eigenvalue weighted by Gasteiger charge is 2.62. The maximum absolute atomic E-state index is 12.9. The maximum Gasteiger partial charge on any atom is 0.338 e. The highest BCUT2D eigenvalue weighted by Crippen LogP contribution is 2.65. The summed E-state index contributed by atoms with van der Waals surface area (Å²) < 4.78 is 12.1. The van der Waals surface area contributed by atoms with E-state index in [0.717, 1.165) is 19.3 Å². The van der Waals surface area contributed by atoms with E-state index in [0.29, 0.717) is 23.0 Å². The van der Waals surface area contributed by atoms with E-state index in [1.807, 2.05) is 36.4 Å². The Hall–Kier alpha value is -2.62. The molecular formula is C26H28O4. The zero-order valence-electron chi connectivity index (χ0n) is 17.3. The van der Waals surface area contributed by atoms with Gasteiger partial charge in [0.25, 0.3) is 0 Å². The van der Waals surface area contributed by atoms with E-state index in [2.05, 4.69) is 6.92 Å². The van der Waals surface area contributed by atoms with Crippen molar-refractivity contribution in [2.45, 2.75) is 51.2 Å². The molecule has 2 aromatic carbocycles. The summed E-state index contributed by atoms with van der Waals surface area (Å²) in [5.74, 6) is 0.845. The third kappa shape index (κ3) is 3.32. The molecule has 3 aliphatic carbocycles. The van der Waals surface area contributed by atoms with E-state index in [1.165, 1.54) is 12.8 Å². The molecule has 0 N–H and O–H groups in total. The molecule has 4 nitrogen and oxygen atoms in total. The standard InChI is InChI=1S/C26H28O4/c1-17-14-21-20-12-13-26(21,15-17)16-22(29-24(27)18-8-4-2-5-9-18)23(20)30-25(28)19-10-6-3-7-11-19/h2-11,17,20-23H,12-16H2,1H3. The second-order valence-corrected chi connectivity index (χ2v) is 9.47. The number of carbonyl (C=O) groups is 2. The minimum absolute atomic E-state index is 0.237. The molecule has 2 aromatic rings. The number of carbonyl (C=O) groups excluding carboxylic acids is 2. The minimum atomic E-state index is -0.389. The van der Waals surface area contributed by atoms with Crippen molar-refractivity contribution in [1.82, 2.24) is 0 Å². The molecule has 4 heteroatoms. The average Bonchev–Trinajstić information content (AvgIpc) is 3.21. The lowest BCUT2D eigenvalue weighted by molar-refractivity contribution is -0.102. The monoisotopic (exact) mass is 404 g/mol. The molecule has 30 heavy (non-hydrogen) atoms. The second-order valence-electron chi connectivity index (χ2n) is 9.47. The van der Waals surface area contributed by atoms with Gasteiger partial charge in [0.1, 0.15) is 12.2 Å². The van der Waals surface area contributed by atoms with Crippen LogP contribution in [0.4, 0.5) is 0 Å². The normalized spacial score (nSPS) is 34.2. The Balaban J connectivity index is 1.42. The molecule has 5 rings (SSSR count). The van der Waals surface area contributed by atoms with Gasteiger partial charge in [-0.15, -0.1) is 0 Å². The van der Waals surface area contributed by atoms with Crippen molar-refractivity contribution < 1.29 is 19.1 Å². The van der Waals surface area contributed by atoms with Crippen LogP contribution in [0.5, 0.6) is 0 Å². The van der Waals surface area contributed by atoms with Crippen molar-refractivity contribution in [3.8, 4) is 0 Å². The Bertz CT molecular complexity index is 925. The van der Waals surface area contributed by atoms with E-state index in [9.17, 15) is 9.59 Å². The Morgan fingerprint density at radius 3 is 2.10 bits per heavy atom. The van der Waals surface area contributed by atoms with Crippen LogP contribution >= 0.6 is 0 Å². The molecule has 0 heterocycles. The van der Waals surface area contributed by atoms with Crippen molar-refractivity contribution in [2.24, 2.45) is 23.2 Å². The lowest BCUT2D eigenvalue weighted by Gasteiger charge is -2.44. The summed E-state index contributed by atoms with van der Waals surface area (Å²) in [4.78, 5) is 25.7. The van der Waals surface area contributed by atoms with Crippen molar-refractivity contribution in [3.63, 3.8) is 0 Å². The number of rotatable bonds is 4. The van der Waals surface area contributed by atoms with Crippen LogP contribution in [0.15, 0.2) is 60.7 Å². The second kappa shape index (κ2) is 7.57. The van der Waals surface area contributed by atoms with Crippen LogP contribution in [0.1, 0.15) is 59.7 Å². The first-order valence-corrected chi connectivity index (χ1v) is 11.1. The van der Waals surface area contributed by atoms with E-state index in [-0.39, 0.29) is 35.5 Å². The molecule has 3 fully saturated rings.